The summed E-state index contributed by atoms with van der Waals surface area (Å²) < 4.78 is 10.4. The first kappa shape index (κ1) is 13.4. The van der Waals surface area contributed by atoms with E-state index in [-0.39, 0.29) is 18.1 Å². The number of rotatable bonds is 7. The molecule has 2 unspecified atom stereocenters. The van der Waals surface area contributed by atoms with Crippen LogP contribution in [-0.4, -0.2) is 51.5 Å². The number of carbonyl (C=O) groups is 1. The molecule has 1 heterocycles. The molecule has 5 heteroatoms. The SMILES string of the molecule is COCCNCC(=O)NC(C)C1CCCO1. The Morgan fingerprint density at radius 3 is 3.06 bits per heavy atom. The third-order valence-electron chi connectivity index (χ3n) is 2.68. The van der Waals surface area contributed by atoms with Crippen LogP contribution in [0.2, 0.25) is 0 Å². The Balaban J connectivity index is 2.08. The molecule has 0 aliphatic carbocycles. The molecule has 0 saturated carbocycles. The zero-order valence-electron chi connectivity index (χ0n) is 10.1. The van der Waals surface area contributed by atoms with E-state index in [1.165, 1.54) is 0 Å². The second-order valence-electron chi connectivity index (χ2n) is 4.08. The van der Waals surface area contributed by atoms with Crippen molar-refractivity contribution in [2.24, 2.45) is 0 Å². The van der Waals surface area contributed by atoms with E-state index in [1.807, 2.05) is 6.92 Å². The molecule has 0 radical (unpaired) electrons. The highest BCUT2D eigenvalue weighted by atomic mass is 16.5. The predicted molar refractivity (Wildman–Crippen MR) is 61.3 cm³/mol. The van der Waals surface area contributed by atoms with Crippen LogP contribution in [-0.2, 0) is 14.3 Å². The van der Waals surface area contributed by atoms with Gasteiger partial charge in [0.1, 0.15) is 0 Å². The van der Waals surface area contributed by atoms with Gasteiger partial charge < -0.3 is 20.1 Å². The quantitative estimate of drug-likeness (QED) is 0.600. The molecule has 0 bridgehead atoms. The lowest BCUT2D eigenvalue weighted by Crippen LogP contribution is -2.44. The standard InChI is InChI=1S/C11H22N2O3/c1-9(10-4-3-6-16-10)13-11(14)8-12-5-7-15-2/h9-10,12H,3-8H2,1-2H3,(H,13,14). The van der Waals surface area contributed by atoms with E-state index in [2.05, 4.69) is 10.6 Å². The number of ether oxygens (including phenoxy) is 2. The van der Waals surface area contributed by atoms with Gasteiger partial charge in [0, 0.05) is 20.3 Å². The van der Waals surface area contributed by atoms with Crippen molar-refractivity contribution in [2.45, 2.75) is 31.9 Å². The molecule has 16 heavy (non-hydrogen) atoms. The summed E-state index contributed by atoms with van der Waals surface area (Å²) in [5.41, 5.74) is 0. The minimum atomic E-state index is 0.0131. The van der Waals surface area contributed by atoms with E-state index >= 15 is 0 Å². The Morgan fingerprint density at radius 2 is 2.44 bits per heavy atom. The van der Waals surface area contributed by atoms with Gasteiger partial charge in [-0.3, -0.25) is 4.79 Å². The van der Waals surface area contributed by atoms with Gasteiger partial charge in [0.25, 0.3) is 0 Å². The van der Waals surface area contributed by atoms with Gasteiger partial charge in [0.15, 0.2) is 0 Å². The Kier molecular flexibility index (Phi) is 6.37. The van der Waals surface area contributed by atoms with E-state index in [0.29, 0.717) is 19.7 Å². The van der Waals surface area contributed by atoms with Gasteiger partial charge in [-0.25, -0.2) is 0 Å². The highest BCUT2D eigenvalue weighted by Gasteiger charge is 2.23. The molecule has 1 amide bonds. The Hall–Kier alpha value is -0.650. The molecule has 1 aliphatic heterocycles. The maximum absolute atomic E-state index is 11.5. The molecule has 0 aromatic carbocycles. The molecular formula is C11H22N2O3. The summed E-state index contributed by atoms with van der Waals surface area (Å²) in [6.45, 7) is 4.45. The fourth-order valence-corrected chi connectivity index (χ4v) is 1.77. The van der Waals surface area contributed by atoms with Crippen molar-refractivity contribution < 1.29 is 14.3 Å². The summed E-state index contributed by atoms with van der Waals surface area (Å²) in [5, 5.41) is 5.94. The minimum Gasteiger partial charge on any atom is -0.383 e. The van der Waals surface area contributed by atoms with Crippen LogP contribution in [0.3, 0.4) is 0 Å². The van der Waals surface area contributed by atoms with Gasteiger partial charge in [0.2, 0.25) is 5.91 Å². The fraction of sp³-hybridized carbons (Fsp3) is 0.909. The molecule has 1 saturated heterocycles. The third kappa shape index (κ3) is 4.92. The zero-order valence-corrected chi connectivity index (χ0v) is 10.1. The molecule has 0 spiro atoms. The number of nitrogens with one attached hydrogen (secondary N) is 2. The molecule has 0 aromatic heterocycles. The zero-order chi connectivity index (χ0) is 11.8. The average Bonchev–Trinajstić information content (AvgIpc) is 2.77. The largest absolute Gasteiger partial charge is 0.383 e. The Morgan fingerprint density at radius 1 is 1.62 bits per heavy atom. The van der Waals surface area contributed by atoms with Crippen LogP contribution in [0.1, 0.15) is 19.8 Å². The number of hydrogen-bond acceptors (Lipinski definition) is 4. The smallest absolute Gasteiger partial charge is 0.234 e. The van der Waals surface area contributed by atoms with Gasteiger partial charge in [-0.15, -0.1) is 0 Å². The molecule has 1 aliphatic rings. The van der Waals surface area contributed by atoms with Crippen LogP contribution < -0.4 is 10.6 Å². The van der Waals surface area contributed by atoms with Gasteiger partial charge >= 0.3 is 0 Å². The van der Waals surface area contributed by atoms with Crippen LogP contribution in [0.25, 0.3) is 0 Å². The average molecular weight is 230 g/mol. The topological polar surface area (TPSA) is 59.6 Å². The lowest BCUT2D eigenvalue weighted by molar-refractivity contribution is -0.121. The Bertz CT molecular complexity index is 205. The van der Waals surface area contributed by atoms with Crippen LogP contribution >= 0.6 is 0 Å². The minimum absolute atomic E-state index is 0.0131. The summed E-state index contributed by atoms with van der Waals surface area (Å²) in [6, 6.07) is 0.0965. The van der Waals surface area contributed by atoms with Crippen molar-refractivity contribution in [3.8, 4) is 0 Å². The molecule has 1 fully saturated rings. The van der Waals surface area contributed by atoms with Crippen molar-refractivity contribution in [1.29, 1.82) is 0 Å². The number of carbonyl (C=O) groups excluding carboxylic acids is 1. The van der Waals surface area contributed by atoms with Crippen LogP contribution in [0.5, 0.6) is 0 Å². The molecule has 0 aromatic rings. The first-order chi connectivity index (χ1) is 7.74. The van der Waals surface area contributed by atoms with Gasteiger partial charge in [-0.1, -0.05) is 0 Å². The summed E-state index contributed by atoms with van der Waals surface area (Å²) in [6.07, 6.45) is 2.32. The number of amides is 1. The summed E-state index contributed by atoms with van der Waals surface area (Å²) in [7, 11) is 1.64. The van der Waals surface area contributed by atoms with Crippen molar-refractivity contribution in [3.05, 3.63) is 0 Å². The van der Waals surface area contributed by atoms with E-state index in [4.69, 9.17) is 9.47 Å². The van der Waals surface area contributed by atoms with Crippen molar-refractivity contribution >= 4 is 5.91 Å². The summed E-state index contributed by atoms with van der Waals surface area (Å²) >= 11 is 0. The lowest BCUT2D eigenvalue weighted by Gasteiger charge is -2.20. The van der Waals surface area contributed by atoms with Crippen molar-refractivity contribution in [2.75, 3.05) is 33.4 Å². The maximum Gasteiger partial charge on any atom is 0.234 e. The van der Waals surface area contributed by atoms with Crippen LogP contribution in [0, 0.1) is 0 Å². The van der Waals surface area contributed by atoms with Gasteiger partial charge in [-0.05, 0) is 19.8 Å². The first-order valence-corrected chi connectivity index (χ1v) is 5.84. The highest BCUT2D eigenvalue weighted by molar-refractivity contribution is 5.78. The predicted octanol–water partition coefficient (Wildman–Crippen LogP) is -0.0939. The lowest BCUT2D eigenvalue weighted by atomic mass is 10.1. The van der Waals surface area contributed by atoms with Gasteiger partial charge in [-0.2, -0.15) is 0 Å². The number of methoxy groups -OCH3 is 1. The maximum atomic E-state index is 11.5. The van der Waals surface area contributed by atoms with Gasteiger partial charge in [0.05, 0.1) is 25.3 Å². The van der Waals surface area contributed by atoms with Crippen molar-refractivity contribution in [1.82, 2.24) is 10.6 Å². The molecule has 2 atom stereocenters. The molecular weight excluding hydrogens is 208 g/mol. The second-order valence-corrected chi connectivity index (χ2v) is 4.08. The van der Waals surface area contributed by atoms with E-state index in [1.54, 1.807) is 7.11 Å². The van der Waals surface area contributed by atoms with E-state index in [0.717, 1.165) is 19.4 Å². The molecule has 94 valence electrons. The molecule has 1 rings (SSSR count). The molecule has 5 nitrogen and oxygen atoms in total. The third-order valence-corrected chi connectivity index (χ3v) is 2.68. The van der Waals surface area contributed by atoms with E-state index < -0.39 is 0 Å². The first-order valence-electron chi connectivity index (χ1n) is 5.84. The van der Waals surface area contributed by atoms with Crippen LogP contribution in [0.15, 0.2) is 0 Å². The highest BCUT2D eigenvalue weighted by Crippen LogP contribution is 2.15. The molecule has 2 N–H and O–H groups in total. The monoisotopic (exact) mass is 230 g/mol. The second kappa shape index (κ2) is 7.60. The number of hydrogen-bond donors (Lipinski definition) is 2. The Labute approximate surface area is 96.9 Å². The summed E-state index contributed by atoms with van der Waals surface area (Å²) in [4.78, 5) is 11.5. The normalized spacial score (nSPS) is 22.0. The summed E-state index contributed by atoms with van der Waals surface area (Å²) in [5.74, 6) is 0.0131. The van der Waals surface area contributed by atoms with Crippen molar-refractivity contribution in [3.63, 3.8) is 0 Å². The van der Waals surface area contributed by atoms with Crippen LogP contribution in [0.4, 0.5) is 0 Å². The van der Waals surface area contributed by atoms with E-state index in [9.17, 15) is 4.79 Å². The fourth-order valence-electron chi connectivity index (χ4n) is 1.77.